The van der Waals surface area contributed by atoms with Gasteiger partial charge in [-0.1, -0.05) is 18.2 Å². The molecule has 6 rings (SSSR count). The molecule has 2 fully saturated rings. The maximum absolute atomic E-state index is 14.2. The summed E-state index contributed by atoms with van der Waals surface area (Å²) in [6.45, 7) is 2.95. The first-order valence-electron chi connectivity index (χ1n) is 14.6. The van der Waals surface area contributed by atoms with Gasteiger partial charge in [0.25, 0.3) is 5.91 Å². The summed E-state index contributed by atoms with van der Waals surface area (Å²) in [6.07, 6.45) is 1.44. The zero-order valence-corrected chi connectivity index (χ0v) is 25.0. The van der Waals surface area contributed by atoms with Crippen LogP contribution in [0.4, 0.5) is 14.5 Å². The smallest absolute Gasteiger partial charge is 0.255 e. The summed E-state index contributed by atoms with van der Waals surface area (Å²) in [6, 6.07) is 19.7. The minimum atomic E-state index is -3.96. The molecule has 9 nitrogen and oxygen atoms in total. The Labute approximate surface area is 259 Å². The number of sulfonamides is 1. The fraction of sp³-hybridized carbons (Fsp3) is 0.242. The number of halogens is 2. The van der Waals surface area contributed by atoms with Crippen LogP contribution in [0.25, 0.3) is 22.3 Å². The highest BCUT2D eigenvalue weighted by atomic mass is 32.2. The molecule has 234 valence electrons. The number of benzene rings is 4. The fourth-order valence-corrected chi connectivity index (χ4v) is 6.02. The summed E-state index contributed by atoms with van der Waals surface area (Å²) in [5, 5.41) is 14.8. The number of primary sulfonamides is 1. The van der Waals surface area contributed by atoms with E-state index >= 15 is 0 Å². The van der Waals surface area contributed by atoms with Crippen LogP contribution < -0.4 is 30.6 Å². The standard InChI is InChI=1S/C33H32F2N4O5S/c34-29-7-4-21(16-30(29)35)27-15-22(5-8-31(27)43-24-10-12-37-18-24)33(40)39-23-6-9-32(44-25-11-13-38-19-25)28(17-23)20-2-1-3-26(14-20)45(36,41)42/h1-9,14-17,24-25,37-38H,10-13,18-19H2,(H,39,40)(H2,36,41,42)/t24-,25-/m0/s1. The predicted octanol–water partition coefficient (Wildman–Crippen LogP) is 4.68. The van der Waals surface area contributed by atoms with E-state index in [0.717, 1.165) is 38.1 Å². The van der Waals surface area contributed by atoms with Gasteiger partial charge >= 0.3 is 0 Å². The summed E-state index contributed by atoms with van der Waals surface area (Å²) in [7, 11) is -3.96. The minimum Gasteiger partial charge on any atom is -0.488 e. The van der Waals surface area contributed by atoms with Crippen LogP contribution in [0.5, 0.6) is 11.5 Å². The Morgan fingerprint density at radius 3 is 2.04 bits per heavy atom. The maximum atomic E-state index is 14.2. The highest BCUT2D eigenvalue weighted by Crippen LogP contribution is 2.36. The van der Waals surface area contributed by atoms with Crippen molar-refractivity contribution in [3.8, 4) is 33.8 Å². The lowest BCUT2D eigenvalue weighted by atomic mass is 10.0. The van der Waals surface area contributed by atoms with Crippen molar-refractivity contribution in [3.63, 3.8) is 0 Å². The Morgan fingerprint density at radius 2 is 1.42 bits per heavy atom. The lowest BCUT2D eigenvalue weighted by molar-refractivity contribution is 0.102. The van der Waals surface area contributed by atoms with E-state index in [0.29, 0.717) is 52.5 Å². The van der Waals surface area contributed by atoms with Crippen LogP contribution in [0.2, 0.25) is 0 Å². The first-order valence-corrected chi connectivity index (χ1v) is 16.1. The van der Waals surface area contributed by atoms with Crippen molar-refractivity contribution >= 4 is 21.6 Å². The van der Waals surface area contributed by atoms with Crippen LogP contribution in [0.3, 0.4) is 0 Å². The molecule has 1 amide bonds. The summed E-state index contributed by atoms with van der Waals surface area (Å²) in [5.74, 6) is -1.46. The van der Waals surface area contributed by atoms with Crippen molar-refractivity contribution < 1.29 is 31.5 Å². The lowest BCUT2D eigenvalue weighted by Crippen LogP contribution is -2.20. The molecule has 4 aromatic carbocycles. The second-order valence-electron chi connectivity index (χ2n) is 11.0. The first-order chi connectivity index (χ1) is 21.6. The van der Waals surface area contributed by atoms with Crippen LogP contribution in [0.1, 0.15) is 23.2 Å². The van der Waals surface area contributed by atoms with Crippen LogP contribution >= 0.6 is 0 Å². The number of ether oxygens (including phenoxy) is 2. The quantitative estimate of drug-likeness (QED) is 0.210. The van der Waals surface area contributed by atoms with Gasteiger partial charge in [-0.15, -0.1) is 0 Å². The third kappa shape index (κ3) is 7.15. The van der Waals surface area contributed by atoms with Gasteiger partial charge in [0.05, 0.1) is 4.90 Å². The lowest BCUT2D eigenvalue weighted by Gasteiger charge is -2.19. The summed E-state index contributed by atoms with van der Waals surface area (Å²) < 4.78 is 64.5. The molecule has 0 aliphatic carbocycles. The summed E-state index contributed by atoms with van der Waals surface area (Å²) in [4.78, 5) is 13.5. The first kappa shape index (κ1) is 30.7. The van der Waals surface area contributed by atoms with E-state index < -0.39 is 27.6 Å². The third-order valence-electron chi connectivity index (χ3n) is 7.80. The molecule has 0 aromatic heterocycles. The van der Waals surface area contributed by atoms with Crippen molar-refractivity contribution in [2.45, 2.75) is 29.9 Å². The minimum absolute atomic E-state index is 0.0524. The summed E-state index contributed by atoms with van der Waals surface area (Å²) in [5.41, 5.74) is 2.62. The van der Waals surface area contributed by atoms with E-state index in [1.165, 1.54) is 18.2 Å². The SMILES string of the molecule is NS(=O)(=O)c1cccc(-c2cc(NC(=O)c3ccc(O[C@H]4CCNC4)c(-c4ccc(F)c(F)c4)c3)ccc2O[C@H]2CCNC2)c1. The van der Waals surface area contributed by atoms with Gasteiger partial charge in [-0.3, -0.25) is 4.79 Å². The number of hydrogen-bond donors (Lipinski definition) is 4. The van der Waals surface area contributed by atoms with Gasteiger partial charge in [-0.25, -0.2) is 22.3 Å². The zero-order valence-electron chi connectivity index (χ0n) is 24.2. The number of hydrogen-bond acceptors (Lipinski definition) is 7. The van der Waals surface area contributed by atoms with Crippen molar-refractivity contribution in [3.05, 3.63) is 96.1 Å². The molecule has 0 unspecified atom stereocenters. The topological polar surface area (TPSA) is 132 Å². The monoisotopic (exact) mass is 634 g/mol. The second-order valence-corrected chi connectivity index (χ2v) is 12.6. The molecule has 2 aliphatic heterocycles. The zero-order chi connectivity index (χ0) is 31.6. The molecule has 0 spiro atoms. The van der Waals surface area contributed by atoms with E-state index in [2.05, 4.69) is 16.0 Å². The van der Waals surface area contributed by atoms with E-state index in [4.69, 9.17) is 14.6 Å². The number of carbonyl (C=O) groups excluding carboxylic acids is 1. The van der Waals surface area contributed by atoms with E-state index in [1.807, 2.05) is 0 Å². The van der Waals surface area contributed by atoms with Crippen molar-refractivity contribution in [2.75, 3.05) is 31.5 Å². The molecule has 5 N–H and O–H groups in total. The van der Waals surface area contributed by atoms with Crippen LogP contribution in [0, 0.1) is 11.6 Å². The number of nitrogens with one attached hydrogen (secondary N) is 3. The highest BCUT2D eigenvalue weighted by molar-refractivity contribution is 7.89. The van der Waals surface area contributed by atoms with E-state index in [-0.39, 0.29) is 22.7 Å². The molecule has 45 heavy (non-hydrogen) atoms. The Kier molecular flexibility index (Phi) is 8.81. The Bertz CT molecular complexity index is 1840. The number of amides is 1. The van der Waals surface area contributed by atoms with E-state index in [1.54, 1.807) is 48.5 Å². The molecule has 0 radical (unpaired) electrons. The van der Waals surface area contributed by atoms with Gasteiger partial charge in [-0.2, -0.15) is 0 Å². The van der Waals surface area contributed by atoms with Crippen LogP contribution in [-0.4, -0.2) is 52.7 Å². The highest BCUT2D eigenvalue weighted by Gasteiger charge is 2.22. The normalized spacial score (nSPS) is 18.1. The number of nitrogens with two attached hydrogens (primary N) is 1. The molecule has 2 atom stereocenters. The average molecular weight is 635 g/mol. The molecule has 0 saturated carbocycles. The van der Waals surface area contributed by atoms with Gasteiger partial charge in [0.15, 0.2) is 11.6 Å². The van der Waals surface area contributed by atoms with Crippen LogP contribution in [0.15, 0.2) is 83.8 Å². The fourth-order valence-electron chi connectivity index (χ4n) is 5.46. The molecule has 4 aromatic rings. The van der Waals surface area contributed by atoms with Crippen molar-refractivity contribution in [1.29, 1.82) is 0 Å². The predicted molar refractivity (Wildman–Crippen MR) is 167 cm³/mol. The molecule has 2 saturated heterocycles. The third-order valence-corrected chi connectivity index (χ3v) is 8.71. The van der Waals surface area contributed by atoms with Crippen LogP contribution in [-0.2, 0) is 10.0 Å². The molecular formula is C33H32F2N4O5S. The van der Waals surface area contributed by atoms with Crippen molar-refractivity contribution in [2.24, 2.45) is 5.14 Å². The molecule has 2 aliphatic rings. The van der Waals surface area contributed by atoms with Gasteiger partial charge in [0.2, 0.25) is 10.0 Å². The second kappa shape index (κ2) is 12.9. The molecular weight excluding hydrogens is 602 g/mol. The maximum Gasteiger partial charge on any atom is 0.255 e. The average Bonchev–Trinajstić information content (AvgIpc) is 3.74. The molecule has 12 heteroatoms. The molecule has 2 heterocycles. The molecule has 0 bridgehead atoms. The van der Waals surface area contributed by atoms with Crippen molar-refractivity contribution in [1.82, 2.24) is 10.6 Å². The van der Waals surface area contributed by atoms with Gasteiger partial charge in [0, 0.05) is 35.5 Å². The Hall–Kier alpha value is -4.36. The number of anilines is 1. The number of carbonyl (C=O) groups is 1. The van der Waals surface area contributed by atoms with Gasteiger partial charge < -0.3 is 25.4 Å². The van der Waals surface area contributed by atoms with Gasteiger partial charge in [-0.05, 0) is 97.7 Å². The largest absolute Gasteiger partial charge is 0.488 e. The van der Waals surface area contributed by atoms with Gasteiger partial charge in [0.1, 0.15) is 23.7 Å². The summed E-state index contributed by atoms with van der Waals surface area (Å²) >= 11 is 0. The van der Waals surface area contributed by atoms with E-state index in [9.17, 15) is 22.0 Å². The number of rotatable bonds is 9. The Balaban J connectivity index is 1.33. The Morgan fingerprint density at radius 1 is 0.778 bits per heavy atom.